The van der Waals surface area contributed by atoms with E-state index in [0.29, 0.717) is 5.56 Å². The summed E-state index contributed by atoms with van der Waals surface area (Å²) in [6.45, 7) is 0. The Bertz CT molecular complexity index is 495. The molecule has 0 radical (unpaired) electrons. The van der Waals surface area contributed by atoms with E-state index < -0.39 is 0 Å². The Morgan fingerprint density at radius 1 is 1.19 bits per heavy atom. The third-order valence-electron chi connectivity index (χ3n) is 2.12. The minimum absolute atomic E-state index is 0.0637. The molecule has 0 unspecified atom stereocenters. The third kappa shape index (κ3) is 2.58. The van der Waals surface area contributed by atoms with Gasteiger partial charge in [0, 0.05) is 5.56 Å². The lowest BCUT2D eigenvalue weighted by molar-refractivity contribution is 0.104. The molecule has 0 bridgehead atoms. The first-order chi connectivity index (χ1) is 7.75. The quantitative estimate of drug-likeness (QED) is 0.648. The molecule has 3 heteroatoms. The first-order valence-corrected chi connectivity index (χ1v) is 5.73. The zero-order valence-electron chi connectivity index (χ0n) is 8.46. The van der Waals surface area contributed by atoms with Gasteiger partial charge in [-0.1, -0.05) is 6.08 Å². The largest absolute Gasteiger partial charge is 0.508 e. The second-order valence-electron chi connectivity index (χ2n) is 3.30. The first-order valence-electron chi connectivity index (χ1n) is 4.79. The molecule has 0 saturated heterocycles. The predicted octanol–water partition coefficient (Wildman–Crippen LogP) is 3.35. The Hall–Kier alpha value is -1.87. The van der Waals surface area contributed by atoms with Gasteiger partial charge < -0.3 is 5.11 Å². The highest BCUT2D eigenvalue weighted by Crippen LogP contribution is 2.12. The number of phenols is 1. The van der Waals surface area contributed by atoms with Crippen LogP contribution in [0.2, 0.25) is 0 Å². The number of aromatic hydroxyl groups is 1. The summed E-state index contributed by atoms with van der Waals surface area (Å²) in [5.74, 6) is 0.101. The molecule has 1 aromatic carbocycles. The molecular weight excluding hydrogens is 220 g/mol. The maximum absolute atomic E-state index is 11.7. The zero-order chi connectivity index (χ0) is 11.4. The number of thiophene rings is 1. The summed E-state index contributed by atoms with van der Waals surface area (Å²) in [4.78, 5) is 11.7. The van der Waals surface area contributed by atoms with Gasteiger partial charge in [-0.2, -0.15) is 11.3 Å². The van der Waals surface area contributed by atoms with Crippen LogP contribution in [0.15, 0.2) is 47.2 Å². The number of allylic oxidation sites excluding steroid dienone is 1. The summed E-state index contributed by atoms with van der Waals surface area (Å²) in [6, 6.07) is 8.17. The average molecular weight is 230 g/mol. The molecule has 2 aromatic rings. The van der Waals surface area contributed by atoms with Gasteiger partial charge in [-0.05, 0) is 52.7 Å². The highest BCUT2D eigenvalue weighted by atomic mass is 32.1. The molecular formula is C13H10O2S. The second-order valence-corrected chi connectivity index (χ2v) is 4.08. The highest BCUT2D eigenvalue weighted by Gasteiger charge is 2.00. The number of rotatable bonds is 3. The molecule has 2 rings (SSSR count). The van der Waals surface area contributed by atoms with E-state index in [1.165, 1.54) is 18.2 Å². The van der Waals surface area contributed by atoms with Crippen molar-refractivity contribution < 1.29 is 9.90 Å². The second kappa shape index (κ2) is 4.77. The van der Waals surface area contributed by atoms with Crippen LogP contribution in [-0.4, -0.2) is 10.9 Å². The molecule has 0 atom stereocenters. The Labute approximate surface area is 97.5 Å². The normalized spacial score (nSPS) is 10.8. The summed E-state index contributed by atoms with van der Waals surface area (Å²) >= 11 is 1.59. The number of hydrogen-bond donors (Lipinski definition) is 1. The van der Waals surface area contributed by atoms with Crippen LogP contribution < -0.4 is 0 Å². The van der Waals surface area contributed by atoms with Gasteiger partial charge in [0.1, 0.15) is 5.75 Å². The van der Waals surface area contributed by atoms with E-state index in [4.69, 9.17) is 5.11 Å². The van der Waals surface area contributed by atoms with E-state index in [-0.39, 0.29) is 11.5 Å². The van der Waals surface area contributed by atoms with Crippen molar-refractivity contribution in [3.05, 3.63) is 58.3 Å². The van der Waals surface area contributed by atoms with Gasteiger partial charge in [-0.15, -0.1) is 0 Å². The van der Waals surface area contributed by atoms with Gasteiger partial charge in [-0.25, -0.2) is 0 Å². The van der Waals surface area contributed by atoms with Crippen molar-refractivity contribution >= 4 is 23.2 Å². The van der Waals surface area contributed by atoms with E-state index >= 15 is 0 Å². The van der Waals surface area contributed by atoms with E-state index in [9.17, 15) is 4.79 Å². The topological polar surface area (TPSA) is 37.3 Å². The molecule has 0 amide bonds. The van der Waals surface area contributed by atoms with Crippen molar-refractivity contribution in [1.82, 2.24) is 0 Å². The molecule has 0 aliphatic heterocycles. The Kier molecular flexibility index (Phi) is 3.17. The number of phenolic OH excluding ortho intramolecular Hbond substituents is 1. The van der Waals surface area contributed by atoms with Crippen molar-refractivity contribution in [2.24, 2.45) is 0 Å². The molecule has 16 heavy (non-hydrogen) atoms. The van der Waals surface area contributed by atoms with Crippen molar-refractivity contribution in [1.29, 1.82) is 0 Å². The molecule has 0 aliphatic rings. The molecule has 1 N–H and O–H groups in total. The number of carbonyl (C=O) groups excluding carboxylic acids is 1. The fraction of sp³-hybridized carbons (Fsp3) is 0. The molecule has 1 aromatic heterocycles. The monoisotopic (exact) mass is 230 g/mol. The molecule has 0 saturated carbocycles. The Balaban J connectivity index is 2.11. The van der Waals surface area contributed by atoms with Gasteiger partial charge in [0.15, 0.2) is 5.78 Å². The standard InChI is InChI=1S/C13H10O2S/c14-12-4-2-11(3-5-12)13(15)6-1-10-7-8-16-9-10/h1-9,14H. The van der Waals surface area contributed by atoms with Crippen molar-refractivity contribution in [3.63, 3.8) is 0 Å². The summed E-state index contributed by atoms with van der Waals surface area (Å²) in [7, 11) is 0. The van der Waals surface area contributed by atoms with Crippen molar-refractivity contribution in [3.8, 4) is 5.75 Å². The van der Waals surface area contributed by atoms with Gasteiger partial charge in [0.25, 0.3) is 0 Å². The van der Waals surface area contributed by atoms with Gasteiger partial charge in [0.2, 0.25) is 0 Å². The number of hydrogen-bond acceptors (Lipinski definition) is 3. The van der Waals surface area contributed by atoms with Crippen LogP contribution in [0.1, 0.15) is 15.9 Å². The van der Waals surface area contributed by atoms with Gasteiger partial charge in [-0.3, -0.25) is 4.79 Å². The molecule has 0 spiro atoms. The lowest BCUT2D eigenvalue weighted by atomic mass is 10.1. The highest BCUT2D eigenvalue weighted by molar-refractivity contribution is 7.08. The van der Waals surface area contributed by atoms with E-state index in [2.05, 4.69) is 0 Å². The third-order valence-corrected chi connectivity index (χ3v) is 2.82. The maximum Gasteiger partial charge on any atom is 0.185 e. The molecule has 2 nitrogen and oxygen atoms in total. The van der Waals surface area contributed by atoms with Crippen LogP contribution >= 0.6 is 11.3 Å². The van der Waals surface area contributed by atoms with Gasteiger partial charge >= 0.3 is 0 Å². The van der Waals surface area contributed by atoms with Crippen LogP contribution in [0.25, 0.3) is 6.08 Å². The molecule has 0 fully saturated rings. The van der Waals surface area contributed by atoms with Crippen LogP contribution in [0.3, 0.4) is 0 Å². The zero-order valence-corrected chi connectivity index (χ0v) is 9.28. The van der Waals surface area contributed by atoms with E-state index in [0.717, 1.165) is 5.56 Å². The lowest BCUT2D eigenvalue weighted by Crippen LogP contribution is -1.92. The van der Waals surface area contributed by atoms with Crippen LogP contribution in [0.4, 0.5) is 0 Å². The number of carbonyl (C=O) groups is 1. The van der Waals surface area contributed by atoms with Crippen LogP contribution in [0.5, 0.6) is 5.75 Å². The van der Waals surface area contributed by atoms with Crippen LogP contribution in [0, 0.1) is 0 Å². The minimum Gasteiger partial charge on any atom is -0.508 e. The lowest BCUT2D eigenvalue weighted by Gasteiger charge is -1.95. The average Bonchev–Trinajstić information content (AvgIpc) is 2.80. The van der Waals surface area contributed by atoms with E-state index in [1.54, 1.807) is 29.5 Å². The smallest absolute Gasteiger partial charge is 0.185 e. The predicted molar refractivity (Wildman–Crippen MR) is 65.8 cm³/mol. The number of benzene rings is 1. The fourth-order valence-electron chi connectivity index (χ4n) is 1.26. The van der Waals surface area contributed by atoms with E-state index in [1.807, 2.05) is 16.8 Å². The Morgan fingerprint density at radius 3 is 2.56 bits per heavy atom. The fourth-order valence-corrected chi connectivity index (χ4v) is 1.89. The summed E-state index contributed by atoms with van der Waals surface area (Å²) in [6.07, 6.45) is 3.32. The molecule has 80 valence electrons. The van der Waals surface area contributed by atoms with Crippen molar-refractivity contribution in [2.75, 3.05) is 0 Å². The summed E-state index contributed by atoms with van der Waals surface area (Å²) < 4.78 is 0. The van der Waals surface area contributed by atoms with Gasteiger partial charge in [0.05, 0.1) is 0 Å². The first kappa shape index (κ1) is 10.6. The molecule has 0 aliphatic carbocycles. The summed E-state index contributed by atoms with van der Waals surface area (Å²) in [5, 5.41) is 13.0. The number of ketones is 1. The molecule has 1 heterocycles. The maximum atomic E-state index is 11.7. The Morgan fingerprint density at radius 2 is 1.94 bits per heavy atom. The van der Waals surface area contributed by atoms with Crippen molar-refractivity contribution in [2.45, 2.75) is 0 Å². The minimum atomic E-state index is -0.0637. The van der Waals surface area contributed by atoms with Crippen LogP contribution in [-0.2, 0) is 0 Å². The SMILES string of the molecule is O=C(C=Cc1ccsc1)c1ccc(O)cc1. The summed E-state index contributed by atoms with van der Waals surface area (Å²) in [5.41, 5.74) is 1.60.